The number of carbonyl (C=O) groups excluding carboxylic acids is 2. The summed E-state index contributed by atoms with van der Waals surface area (Å²) in [5.41, 5.74) is 2.09. The fourth-order valence-corrected chi connectivity index (χ4v) is 4.86. The maximum absolute atomic E-state index is 13.1. The molecule has 3 aromatic rings. The highest BCUT2D eigenvalue weighted by molar-refractivity contribution is 7.10. The quantitative estimate of drug-likeness (QED) is 0.357. The van der Waals surface area contributed by atoms with E-state index in [2.05, 4.69) is 0 Å². The predicted molar refractivity (Wildman–Crippen MR) is 116 cm³/mol. The molecule has 1 unspecified atom stereocenters. The van der Waals surface area contributed by atoms with Crippen LogP contribution in [-0.4, -0.2) is 23.4 Å². The molecule has 1 saturated heterocycles. The van der Waals surface area contributed by atoms with Gasteiger partial charge in [-0.2, -0.15) is 0 Å². The zero-order valence-corrected chi connectivity index (χ0v) is 17.2. The van der Waals surface area contributed by atoms with Crippen molar-refractivity contribution in [3.8, 4) is 5.75 Å². The number of hydrogen-bond donors (Lipinski definition) is 1. The molecule has 0 saturated carbocycles. The van der Waals surface area contributed by atoms with E-state index < -0.39 is 17.7 Å². The molecule has 5 rings (SSSR count). The molecule has 1 fully saturated rings. The van der Waals surface area contributed by atoms with Crippen molar-refractivity contribution in [2.24, 2.45) is 0 Å². The standard InChI is InChI=1S/C23H16ClNO4S/c24-15-4-6-16(7-5-15)25-20(18-2-1-11-30-18)19(22(27)23(25)28)21(26)14-3-8-17-13(12-14)9-10-29-17/h1-8,11-12,20,26H,9-10H2/b21-19-. The third-order valence-corrected chi connectivity index (χ3v) is 6.50. The highest BCUT2D eigenvalue weighted by Crippen LogP contribution is 2.44. The van der Waals surface area contributed by atoms with Crippen molar-refractivity contribution in [3.63, 3.8) is 0 Å². The maximum Gasteiger partial charge on any atom is 0.300 e. The Labute approximate surface area is 181 Å². The number of aliphatic hydroxyl groups is 1. The minimum atomic E-state index is -0.712. The van der Waals surface area contributed by atoms with Gasteiger partial charge in [0.25, 0.3) is 11.7 Å². The van der Waals surface area contributed by atoms with Gasteiger partial charge in [0, 0.05) is 27.6 Å². The first-order valence-corrected chi connectivity index (χ1v) is 10.7. The van der Waals surface area contributed by atoms with Crippen LogP contribution < -0.4 is 9.64 Å². The number of nitrogens with zero attached hydrogens (tertiary/aromatic N) is 1. The van der Waals surface area contributed by atoms with E-state index in [1.807, 2.05) is 23.6 Å². The first kappa shape index (κ1) is 18.9. The van der Waals surface area contributed by atoms with Gasteiger partial charge in [0.1, 0.15) is 17.6 Å². The summed E-state index contributed by atoms with van der Waals surface area (Å²) in [7, 11) is 0. The third-order valence-electron chi connectivity index (χ3n) is 5.32. The Bertz CT molecular complexity index is 1180. The SMILES string of the molecule is O=C1C(=O)N(c2ccc(Cl)cc2)C(c2cccs2)/C1=C(/O)c1ccc2c(c1)CCO2. The molecule has 7 heteroatoms. The number of aliphatic hydroxyl groups excluding tert-OH is 1. The van der Waals surface area contributed by atoms with Crippen molar-refractivity contribution in [2.75, 3.05) is 11.5 Å². The normalized spacial score (nSPS) is 19.8. The van der Waals surface area contributed by atoms with E-state index in [4.69, 9.17) is 16.3 Å². The average molecular weight is 438 g/mol. The summed E-state index contributed by atoms with van der Waals surface area (Å²) in [6.45, 7) is 0.593. The van der Waals surface area contributed by atoms with Crippen LogP contribution in [0.1, 0.15) is 22.0 Å². The van der Waals surface area contributed by atoms with E-state index in [9.17, 15) is 14.7 Å². The van der Waals surface area contributed by atoms with E-state index in [0.29, 0.717) is 22.9 Å². The highest BCUT2D eigenvalue weighted by atomic mass is 35.5. The summed E-state index contributed by atoms with van der Waals surface area (Å²) < 4.78 is 5.53. The maximum atomic E-state index is 13.1. The molecule has 2 aliphatic heterocycles. The monoisotopic (exact) mass is 437 g/mol. The van der Waals surface area contributed by atoms with Gasteiger partial charge in [-0.15, -0.1) is 11.3 Å². The van der Waals surface area contributed by atoms with Crippen LogP contribution in [0.25, 0.3) is 5.76 Å². The van der Waals surface area contributed by atoms with Crippen LogP contribution in [0.4, 0.5) is 5.69 Å². The van der Waals surface area contributed by atoms with Crippen LogP contribution in [0, 0.1) is 0 Å². The lowest BCUT2D eigenvalue weighted by atomic mass is 9.98. The number of ether oxygens (including phenoxy) is 1. The van der Waals surface area contributed by atoms with Crippen molar-refractivity contribution < 1.29 is 19.4 Å². The molecule has 0 spiro atoms. The van der Waals surface area contributed by atoms with Gasteiger partial charge in [0.15, 0.2) is 0 Å². The van der Waals surface area contributed by atoms with E-state index >= 15 is 0 Å². The minimum absolute atomic E-state index is 0.0799. The Morgan fingerprint density at radius 2 is 1.93 bits per heavy atom. The van der Waals surface area contributed by atoms with Gasteiger partial charge in [-0.05, 0) is 59.5 Å². The van der Waals surface area contributed by atoms with Gasteiger partial charge in [-0.1, -0.05) is 17.7 Å². The zero-order valence-electron chi connectivity index (χ0n) is 15.7. The van der Waals surface area contributed by atoms with Crippen LogP contribution in [0.3, 0.4) is 0 Å². The lowest BCUT2D eigenvalue weighted by Crippen LogP contribution is -2.29. The molecular formula is C23H16ClNO4S. The number of fused-ring (bicyclic) bond motifs is 1. The molecule has 5 nitrogen and oxygen atoms in total. The molecule has 1 N–H and O–H groups in total. The number of carbonyl (C=O) groups is 2. The molecular weight excluding hydrogens is 422 g/mol. The Morgan fingerprint density at radius 3 is 2.67 bits per heavy atom. The summed E-state index contributed by atoms with van der Waals surface area (Å²) in [6, 6.07) is 15.0. The Kier molecular flexibility index (Phi) is 4.60. The second-order valence-corrected chi connectivity index (χ2v) is 8.50. The van der Waals surface area contributed by atoms with Crippen LogP contribution in [-0.2, 0) is 16.0 Å². The first-order valence-electron chi connectivity index (χ1n) is 9.40. The number of anilines is 1. The van der Waals surface area contributed by atoms with Crippen molar-refractivity contribution in [3.05, 3.63) is 86.6 Å². The van der Waals surface area contributed by atoms with Crippen molar-refractivity contribution in [1.82, 2.24) is 0 Å². The molecule has 150 valence electrons. The molecule has 1 amide bonds. The van der Waals surface area contributed by atoms with Crippen molar-refractivity contribution >= 4 is 46.1 Å². The summed E-state index contributed by atoms with van der Waals surface area (Å²) in [5, 5.41) is 13.6. The van der Waals surface area contributed by atoms with Gasteiger partial charge >= 0.3 is 0 Å². The van der Waals surface area contributed by atoms with E-state index in [1.54, 1.807) is 36.4 Å². The molecule has 2 aromatic carbocycles. The first-order chi connectivity index (χ1) is 14.5. The van der Waals surface area contributed by atoms with Crippen LogP contribution in [0.15, 0.2) is 65.6 Å². The van der Waals surface area contributed by atoms with Gasteiger partial charge in [-0.25, -0.2) is 0 Å². The number of rotatable bonds is 3. The molecule has 1 aromatic heterocycles. The topological polar surface area (TPSA) is 66.8 Å². The number of halogens is 1. The van der Waals surface area contributed by atoms with Crippen LogP contribution >= 0.6 is 22.9 Å². The number of Topliss-reactive ketones (excluding diaryl/α,β-unsaturated/α-hetero) is 1. The summed E-state index contributed by atoms with van der Waals surface area (Å²) in [5.74, 6) is -0.791. The minimum Gasteiger partial charge on any atom is -0.507 e. The Morgan fingerprint density at radius 1 is 1.13 bits per heavy atom. The van der Waals surface area contributed by atoms with Crippen molar-refractivity contribution in [2.45, 2.75) is 12.5 Å². The molecule has 2 aliphatic rings. The number of benzene rings is 2. The molecule has 3 heterocycles. The van der Waals surface area contributed by atoms with E-state index in [1.165, 1.54) is 16.2 Å². The predicted octanol–water partition coefficient (Wildman–Crippen LogP) is 4.96. The van der Waals surface area contributed by atoms with Gasteiger partial charge in [-0.3, -0.25) is 14.5 Å². The second kappa shape index (κ2) is 7.31. The number of amides is 1. The van der Waals surface area contributed by atoms with Crippen LogP contribution in [0.5, 0.6) is 5.75 Å². The molecule has 0 aliphatic carbocycles. The number of thiophene rings is 1. The van der Waals surface area contributed by atoms with E-state index in [0.717, 1.165) is 22.6 Å². The second-order valence-electron chi connectivity index (χ2n) is 7.08. The molecule has 0 bridgehead atoms. The lowest BCUT2D eigenvalue weighted by molar-refractivity contribution is -0.132. The van der Waals surface area contributed by atoms with Crippen molar-refractivity contribution in [1.29, 1.82) is 0 Å². The summed E-state index contributed by atoms with van der Waals surface area (Å²) in [4.78, 5) is 28.3. The van der Waals surface area contributed by atoms with Gasteiger partial charge < -0.3 is 9.84 Å². The molecule has 30 heavy (non-hydrogen) atoms. The Balaban J connectivity index is 1.68. The third kappa shape index (κ3) is 3.00. The largest absolute Gasteiger partial charge is 0.507 e. The molecule has 0 radical (unpaired) electrons. The fourth-order valence-electron chi connectivity index (χ4n) is 3.91. The summed E-state index contributed by atoms with van der Waals surface area (Å²) >= 11 is 7.42. The molecule has 1 atom stereocenters. The van der Waals surface area contributed by atoms with Gasteiger partial charge in [0.2, 0.25) is 0 Å². The fraction of sp³-hybridized carbons (Fsp3) is 0.130. The number of ketones is 1. The zero-order chi connectivity index (χ0) is 20.8. The lowest BCUT2D eigenvalue weighted by Gasteiger charge is -2.24. The van der Waals surface area contributed by atoms with Gasteiger partial charge in [0.05, 0.1) is 12.2 Å². The average Bonchev–Trinajstić information content (AvgIpc) is 3.48. The number of hydrogen-bond acceptors (Lipinski definition) is 5. The Hall–Kier alpha value is -3.09. The van der Waals surface area contributed by atoms with Crippen LogP contribution in [0.2, 0.25) is 5.02 Å². The highest BCUT2D eigenvalue weighted by Gasteiger charge is 2.47. The summed E-state index contributed by atoms with van der Waals surface area (Å²) in [6.07, 6.45) is 0.740. The smallest absolute Gasteiger partial charge is 0.300 e. The van der Waals surface area contributed by atoms with E-state index in [-0.39, 0.29) is 11.3 Å².